The predicted octanol–water partition coefficient (Wildman–Crippen LogP) is 6.14. The summed E-state index contributed by atoms with van der Waals surface area (Å²) in [4.78, 5) is 27.6. The minimum atomic E-state index is -1.77. The van der Waals surface area contributed by atoms with Crippen LogP contribution >= 0.6 is 8.53 Å². The number of nitriles is 1. The lowest BCUT2D eigenvalue weighted by Gasteiger charge is -2.39. The zero-order valence-electron chi connectivity index (χ0n) is 31.7. The molecule has 5 atom stereocenters. The van der Waals surface area contributed by atoms with Crippen LogP contribution in [-0.4, -0.2) is 79.2 Å². The van der Waals surface area contributed by atoms with Crippen molar-refractivity contribution in [3.63, 3.8) is 0 Å². The second-order valence-electron chi connectivity index (χ2n) is 13.2. The molecule has 0 bridgehead atoms. The van der Waals surface area contributed by atoms with Crippen molar-refractivity contribution in [3.8, 4) is 17.6 Å². The molecule has 3 aromatic carbocycles. The Hall–Kier alpha value is -4.38. The van der Waals surface area contributed by atoms with Crippen molar-refractivity contribution < 1.29 is 32.7 Å². The van der Waals surface area contributed by atoms with E-state index in [4.69, 9.17) is 32.7 Å². The van der Waals surface area contributed by atoms with Crippen LogP contribution in [0.5, 0.6) is 11.5 Å². The SMILES string of the molecule is COc1ccc(C(OC[C@@H]2O[C@H](n3ccc(=O)[nH]c3=O)[C@@H](OC)[C@H]2OP(OCCC#N)N(C(C)C)C(C)C)(c2ccccc2)c2ccc(OC)cc2)cc1. The topological polar surface area (TPSA) is 147 Å². The molecular weight excluding hydrogens is 711 g/mol. The highest BCUT2D eigenvalue weighted by molar-refractivity contribution is 7.44. The molecule has 0 aliphatic carbocycles. The Balaban J connectivity index is 1.64. The van der Waals surface area contributed by atoms with E-state index in [2.05, 4.69) is 15.7 Å². The number of rotatable bonds is 18. The quantitative estimate of drug-likeness (QED) is 0.0710. The Morgan fingerprint density at radius 2 is 1.43 bits per heavy atom. The molecule has 5 rings (SSSR count). The molecule has 1 fully saturated rings. The molecule has 0 amide bonds. The van der Waals surface area contributed by atoms with Crippen LogP contribution in [-0.2, 0) is 28.9 Å². The van der Waals surface area contributed by atoms with Crippen LogP contribution in [0.1, 0.15) is 57.0 Å². The molecular formula is C40H49N4O9P. The van der Waals surface area contributed by atoms with Gasteiger partial charge in [0.1, 0.15) is 35.4 Å². The monoisotopic (exact) mass is 760 g/mol. The molecule has 2 heterocycles. The van der Waals surface area contributed by atoms with Gasteiger partial charge in [0.25, 0.3) is 14.1 Å². The van der Waals surface area contributed by atoms with E-state index in [1.54, 1.807) is 14.2 Å². The molecule has 288 valence electrons. The summed E-state index contributed by atoms with van der Waals surface area (Å²) in [5, 5.41) is 9.33. The Morgan fingerprint density at radius 1 is 0.852 bits per heavy atom. The highest BCUT2D eigenvalue weighted by Gasteiger charge is 2.51. The Labute approximate surface area is 317 Å². The van der Waals surface area contributed by atoms with Crippen molar-refractivity contribution in [3.05, 3.63) is 129 Å². The molecule has 4 aromatic rings. The largest absolute Gasteiger partial charge is 0.497 e. The van der Waals surface area contributed by atoms with Gasteiger partial charge in [-0.1, -0.05) is 54.6 Å². The fourth-order valence-electron chi connectivity index (χ4n) is 6.75. The molecule has 0 saturated carbocycles. The van der Waals surface area contributed by atoms with Gasteiger partial charge in [-0.3, -0.25) is 14.3 Å². The molecule has 0 spiro atoms. The van der Waals surface area contributed by atoms with E-state index in [-0.39, 0.29) is 31.7 Å². The Morgan fingerprint density at radius 3 is 1.93 bits per heavy atom. The molecule has 14 heteroatoms. The number of aromatic nitrogens is 2. The maximum absolute atomic E-state index is 13.2. The number of H-pyrrole nitrogens is 1. The third kappa shape index (κ3) is 8.94. The lowest BCUT2D eigenvalue weighted by atomic mass is 9.80. The van der Waals surface area contributed by atoms with Gasteiger partial charge in [-0.25, -0.2) is 9.46 Å². The van der Waals surface area contributed by atoms with E-state index in [1.807, 2.05) is 107 Å². The van der Waals surface area contributed by atoms with Gasteiger partial charge in [0.15, 0.2) is 6.23 Å². The fourth-order valence-corrected chi connectivity index (χ4v) is 8.52. The number of hydrogen-bond acceptors (Lipinski definition) is 11. The maximum atomic E-state index is 13.2. The number of nitrogens with zero attached hydrogens (tertiary/aromatic N) is 3. The van der Waals surface area contributed by atoms with E-state index < -0.39 is 49.9 Å². The van der Waals surface area contributed by atoms with Crippen molar-refractivity contribution in [2.45, 2.75) is 76.3 Å². The first kappa shape index (κ1) is 40.8. The smallest absolute Gasteiger partial charge is 0.330 e. The third-order valence-electron chi connectivity index (χ3n) is 9.19. The van der Waals surface area contributed by atoms with Gasteiger partial charge in [-0.2, -0.15) is 5.26 Å². The van der Waals surface area contributed by atoms with Crippen molar-refractivity contribution in [1.29, 1.82) is 5.26 Å². The van der Waals surface area contributed by atoms with Crippen molar-refractivity contribution in [2.75, 3.05) is 34.5 Å². The molecule has 1 aliphatic rings. The third-order valence-corrected chi connectivity index (χ3v) is 11.3. The second-order valence-corrected chi connectivity index (χ2v) is 14.6. The first-order chi connectivity index (χ1) is 26.1. The molecule has 0 radical (unpaired) electrons. The number of aromatic amines is 1. The van der Waals surface area contributed by atoms with E-state index in [0.29, 0.717) is 11.5 Å². The van der Waals surface area contributed by atoms with Crippen LogP contribution < -0.4 is 20.7 Å². The standard InChI is InChI=1S/C40H49N4O9P/c1-27(2)44(28(3)4)54(51-25-11-23-41)53-36-34(52-38(37(36)49-7)43-24-22-35(45)42-39(43)46)26-50-40(29-12-9-8-10-13-29,30-14-18-32(47-5)19-15-30)31-16-20-33(48-6)21-17-31/h8-10,12-22,24,27-28,34,36-38H,11,25-26H2,1-7H3,(H,42,45,46)/t34-,36-,37-,38-,54?/m0/s1. The summed E-state index contributed by atoms with van der Waals surface area (Å²) in [6.07, 6.45) is -1.97. The highest BCUT2D eigenvalue weighted by atomic mass is 31.2. The normalized spacial score (nSPS) is 19.3. The van der Waals surface area contributed by atoms with Gasteiger partial charge in [0.05, 0.1) is 39.9 Å². The predicted molar refractivity (Wildman–Crippen MR) is 204 cm³/mol. The van der Waals surface area contributed by atoms with E-state index in [9.17, 15) is 14.9 Å². The average Bonchev–Trinajstić information content (AvgIpc) is 3.51. The van der Waals surface area contributed by atoms with Gasteiger partial charge in [-0.15, -0.1) is 0 Å². The summed E-state index contributed by atoms with van der Waals surface area (Å²) in [5.41, 5.74) is 0.101. The number of nitrogens with one attached hydrogen (secondary N) is 1. The van der Waals surface area contributed by atoms with E-state index in [1.165, 1.54) is 23.9 Å². The minimum absolute atomic E-state index is 0.0182. The van der Waals surface area contributed by atoms with E-state index >= 15 is 0 Å². The first-order valence-electron chi connectivity index (χ1n) is 17.8. The molecule has 1 aliphatic heterocycles. The minimum Gasteiger partial charge on any atom is -0.497 e. The molecule has 1 N–H and O–H groups in total. The van der Waals surface area contributed by atoms with Crippen LogP contribution in [0.25, 0.3) is 0 Å². The summed E-state index contributed by atoms with van der Waals surface area (Å²) in [6.45, 7) is 8.30. The maximum Gasteiger partial charge on any atom is 0.330 e. The average molecular weight is 761 g/mol. The summed E-state index contributed by atoms with van der Waals surface area (Å²) >= 11 is 0. The summed E-state index contributed by atoms with van der Waals surface area (Å²) < 4.78 is 47.6. The second kappa shape index (κ2) is 18.8. The number of ether oxygens (including phenoxy) is 5. The molecule has 54 heavy (non-hydrogen) atoms. The van der Waals surface area contributed by atoms with Crippen LogP contribution in [0.15, 0.2) is 101 Å². The van der Waals surface area contributed by atoms with Gasteiger partial charge < -0.3 is 32.7 Å². The molecule has 1 unspecified atom stereocenters. The van der Waals surface area contributed by atoms with E-state index in [0.717, 1.165) is 16.7 Å². The summed E-state index contributed by atoms with van der Waals surface area (Å²) in [6, 6.07) is 28.7. The fraction of sp³-hybridized carbons (Fsp3) is 0.425. The van der Waals surface area contributed by atoms with Gasteiger partial charge in [-0.05, 0) is 68.7 Å². The number of methoxy groups -OCH3 is 3. The Bertz CT molecular complexity index is 1870. The van der Waals surface area contributed by atoms with Crippen LogP contribution in [0.2, 0.25) is 0 Å². The first-order valence-corrected chi connectivity index (χ1v) is 18.9. The van der Waals surface area contributed by atoms with Crippen molar-refractivity contribution in [1.82, 2.24) is 14.2 Å². The van der Waals surface area contributed by atoms with Crippen LogP contribution in [0.3, 0.4) is 0 Å². The van der Waals surface area contributed by atoms with Crippen molar-refractivity contribution in [2.24, 2.45) is 0 Å². The van der Waals surface area contributed by atoms with Crippen molar-refractivity contribution >= 4 is 8.53 Å². The summed E-state index contributed by atoms with van der Waals surface area (Å²) in [5.74, 6) is 1.37. The van der Waals surface area contributed by atoms with Crippen LogP contribution in [0, 0.1) is 11.3 Å². The Kier molecular flexibility index (Phi) is 14.2. The molecule has 1 saturated heterocycles. The van der Waals surface area contributed by atoms with Crippen LogP contribution in [0.4, 0.5) is 0 Å². The van der Waals surface area contributed by atoms with Gasteiger partial charge in [0, 0.05) is 31.5 Å². The molecule has 13 nitrogen and oxygen atoms in total. The zero-order chi connectivity index (χ0) is 38.8. The molecule has 1 aromatic heterocycles. The lowest BCUT2D eigenvalue weighted by molar-refractivity contribution is -0.0957. The highest BCUT2D eigenvalue weighted by Crippen LogP contribution is 2.51. The zero-order valence-corrected chi connectivity index (χ0v) is 32.6. The van der Waals surface area contributed by atoms with Gasteiger partial charge >= 0.3 is 5.69 Å². The lowest BCUT2D eigenvalue weighted by Crippen LogP contribution is -2.43. The van der Waals surface area contributed by atoms with Gasteiger partial charge in [0.2, 0.25) is 0 Å². The summed E-state index contributed by atoms with van der Waals surface area (Å²) in [7, 11) is 2.98. The number of benzene rings is 3. The number of hydrogen-bond donors (Lipinski definition) is 1.